The number of piperidine rings is 1. The molecule has 2 rings (SSSR count). The van der Waals surface area contributed by atoms with Gasteiger partial charge in [-0.1, -0.05) is 26.0 Å². The summed E-state index contributed by atoms with van der Waals surface area (Å²) < 4.78 is 0. The molecule has 0 unspecified atom stereocenters. The summed E-state index contributed by atoms with van der Waals surface area (Å²) in [6.45, 7) is 6.04. The van der Waals surface area contributed by atoms with Crippen LogP contribution in [-0.4, -0.2) is 29.9 Å². The van der Waals surface area contributed by atoms with Crippen molar-refractivity contribution in [1.82, 2.24) is 4.90 Å². The standard InChI is InChI=1S/C17H26N2O/c1-13(2)3-4-14-5-7-15(8-6-14)17(20)19-11-9-16(18)10-12-19/h5-8,13,16H,3-4,9-12,18H2,1-2H3. The summed E-state index contributed by atoms with van der Waals surface area (Å²) in [6.07, 6.45) is 4.11. The summed E-state index contributed by atoms with van der Waals surface area (Å²) in [7, 11) is 0. The predicted molar refractivity (Wildman–Crippen MR) is 82.7 cm³/mol. The highest BCUT2D eigenvalue weighted by molar-refractivity contribution is 5.94. The third kappa shape index (κ3) is 4.07. The summed E-state index contributed by atoms with van der Waals surface area (Å²) in [5, 5.41) is 0. The molecule has 1 amide bonds. The Bertz CT molecular complexity index is 431. The van der Waals surface area contributed by atoms with Crippen molar-refractivity contribution in [1.29, 1.82) is 0 Å². The van der Waals surface area contributed by atoms with E-state index >= 15 is 0 Å². The zero-order valence-electron chi connectivity index (χ0n) is 12.6. The molecule has 0 atom stereocenters. The third-order valence-corrected chi connectivity index (χ3v) is 4.04. The quantitative estimate of drug-likeness (QED) is 0.917. The van der Waals surface area contributed by atoms with E-state index < -0.39 is 0 Å². The molecule has 20 heavy (non-hydrogen) atoms. The lowest BCUT2D eigenvalue weighted by atomic mass is 10.0. The molecule has 3 nitrogen and oxygen atoms in total. The van der Waals surface area contributed by atoms with E-state index in [4.69, 9.17) is 5.73 Å². The Labute approximate surface area is 122 Å². The highest BCUT2D eigenvalue weighted by Crippen LogP contribution is 2.15. The van der Waals surface area contributed by atoms with E-state index in [9.17, 15) is 4.79 Å². The van der Waals surface area contributed by atoms with Gasteiger partial charge in [0.05, 0.1) is 0 Å². The molecule has 1 heterocycles. The largest absolute Gasteiger partial charge is 0.339 e. The summed E-state index contributed by atoms with van der Waals surface area (Å²) in [5.41, 5.74) is 7.99. The number of nitrogens with two attached hydrogens (primary N) is 1. The van der Waals surface area contributed by atoms with E-state index in [2.05, 4.69) is 26.0 Å². The van der Waals surface area contributed by atoms with Crippen molar-refractivity contribution in [2.75, 3.05) is 13.1 Å². The lowest BCUT2D eigenvalue weighted by Gasteiger charge is -2.30. The van der Waals surface area contributed by atoms with Crippen molar-refractivity contribution in [2.45, 2.75) is 45.6 Å². The molecule has 3 heteroatoms. The maximum atomic E-state index is 12.4. The molecular weight excluding hydrogens is 248 g/mol. The van der Waals surface area contributed by atoms with E-state index in [-0.39, 0.29) is 11.9 Å². The van der Waals surface area contributed by atoms with Gasteiger partial charge in [0.25, 0.3) is 5.91 Å². The Morgan fingerprint density at radius 1 is 1.25 bits per heavy atom. The van der Waals surface area contributed by atoms with Crippen LogP contribution in [0.3, 0.4) is 0 Å². The average Bonchev–Trinajstić information content (AvgIpc) is 2.46. The molecule has 0 aliphatic carbocycles. The molecule has 0 spiro atoms. The van der Waals surface area contributed by atoms with E-state index in [0.717, 1.165) is 37.9 Å². The predicted octanol–water partition coefficient (Wildman–Crippen LogP) is 2.84. The number of hydrogen-bond acceptors (Lipinski definition) is 2. The molecule has 1 aromatic rings. The number of aryl methyl sites for hydroxylation is 1. The number of carbonyl (C=O) groups is 1. The maximum Gasteiger partial charge on any atom is 0.253 e. The summed E-state index contributed by atoms with van der Waals surface area (Å²) in [6, 6.07) is 8.37. The number of benzene rings is 1. The number of hydrogen-bond donors (Lipinski definition) is 1. The van der Waals surface area contributed by atoms with Crippen LogP contribution in [0.4, 0.5) is 0 Å². The Morgan fingerprint density at radius 2 is 1.85 bits per heavy atom. The van der Waals surface area contributed by atoms with Crippen molar-refractivity contribution < 1.29 is 4.79 Å². The lowest BCUT2D eigenvalue weighted by molar-refractivity contribution is 0.0715. The molecule has 1 aliphatic rings. The Morgan fingerprint density at radius 3 is 2.40 bits per heavy atom. The second-order valence-corrected chi connectivity index (χ2v) is 6.26. The Kier molecular flexibility index (Phi) is 5.18. The van der Waals surface area contributed by atoms with Gasteiger partial charge in [-0.25, -0.2) is 0 Å². The van der Waals surface area contributed by atoms with Crippen LogP contribution in [0.2, 0.25) is 0 Å². The molecule has 1 saturated heterocycles. The van der Waals surface area contributed by atoms with Gasteiger partial charge in [0.1, 0.15) is 0 Å². The zero-order chi connectivity index (χ0) is 14.5. The van der Waals surface area contributed by atoms with Crippen LogP contribution in [0, 0.1) is 5.92 Å². The van der Waals surface area contributed by atoms with Crippen molar-refractivity contribution >= 4 is 5.91 Å². The van der Waals surface area contributed by atoms with Crippen molar-refractivity contribution in [3.8, 4) is 0 Å². The molecule has 1 fully saturated rings. The van der Waals surface area contributed by atoms with Crippen molar-refractivity contribution in [3.63, 3.8) is 0 Å². The number of nitrogens with zero attached hydrogens (tertiary/aromatic N) is 1. The average molecular weight is 274 g/mol. The van der Waals surface area contributed by atoms with Gasteiger partial charge in [-0.2, -0.15) is 0 Å². The number of likely N-dealkylation sites (tertiary alicyclic amines) is 1. The number of rotatable bonds is 4. The highest BCUT2D eigenvalue weighted by Gasteiger charge is 2.21. The van der Waals surface area contributed by atoms with Gasteiger partial charge in [0.15, 0.2) is 0 Å². The second-order valence-electron chi connectivity index (χ2n) is 6.26. The maximum absolute atomic E-state index is 12.4. The molecule has 0 radical (unpaired) electrons. The van der Waals surface area contributed by atoms with E-state index in [1.54, 1.807) is 0 Å². The molecule has 0 saturated carbocycles. The van der Waals surface area contributed by atoms with Gasteiger partial charge < -0.3 is 10.6 Å². The van der Waals surface area contributed by atoms with Gasteiger partial charge in [-0.15, -0.1) is 0 Å². The fourth-order valence-corrected chi connectivity index (χ4v) is 2.55. The van der Waals surface area contributed by atoms with Gasteiger partial charge in [-0.3, -0.25) is 4.79 Å². The number of amides is 1. The monoisotopic (exact) mass is 274 g/mol. The lowest BCUT2D eigenvalue weighted by Crippen LogP contribution is -2.42. The molecule has 0 aromatic heterocycles. The topological polar surface area (TPSA) is 46.3 Å². The van der Waals surface area contributed by atoms with E-state index in [1.807, 2.05) is 17.0 Å². The SMILES string of the molecule is CC(C)CCc1ccc(C(=O)N2CCC(N)CC2)cc1. The number of carbonyl (C=O) groups excluding carboxylic acids is 1. The van der Waals surface area contributed by atoms with Crippen molar-refractivity contribution in [3.05, 3.63) is 35.4 Å². The first-order chi connectivity index (χ1) is 9.56. The fourth-order valence-electron chi connectivity index (χ4n) is 2.55. The van der Waals surface area contributed by atoms with Gasteiger partial charge in [0, 0.05) is 24.7 Å². The van der Waals surface area contributed by atoms with E-state index in [1.165, 1.54) is 12.0 Å². The Hall–Kier alpha value is -1.35. The van der Waals surface area contributed by atoms with Gasteiger partial charge in [0.2, 0.25) is 0 Å². The molecule has 1 aliphatic heterocycles. The van der Waals surface area contributed by atoms with E-state index in [0.29, 0.717) is 5.92 Å². The smallest absolute Gasteiger partial charge is 0.253 e. The molecule has 110 valence electrons. The van der Waals surface area contributed by atoms with Crippen LogP contribution >= 0.6 is 0 Å². The minimum absolute atomic E-state index is 0.146. The first kappa shape index (κ1) is 15.0. The van der Waals surface area contributed by atoms with Crippen LogP contribution in [0.15, 0.2) is 24.3 Å². The minimum Gasteiger partial charge on any atom is -0.339 e. The first-order valence-electron chi connectivity index (χ1n) is 7.70. The third-order valence-electron chi connectivity index (χ3n) is 4.04. The summed E-state index contributed by atoms with van der Waals surface area (Å²) in [4.78, 5) is 14.3. The van der Waals surface area contributed by atoms with Crippen LogP contribution in [0.5, 0.6) is 0 Å². The highest BCUT2D eigenvalue weighted by atomic mass is 16.2. The molecule has 0 bridgehead atoms. The fraction of sp³-hybridized carbons (Fsp3) is 0.588. The molecule has 2 N–H and O–H groups in total. The van der Waals surface area contributed by atoms with Gasteiger partial charge >= 0.3 is 0 Å². The Balaban J connectivity index is 1.93. The summed E-state index contributed by atoms with van der Waals surface area (Å²) in [5.74, 6) is 0.862. The zero-order valence-corrected chi connectivity index (χ0v) is 12.6. The summed E-state index contributed by atoms with van der Waals surface area (Å²) >= 11 is 0. The minimum atomic E-state index is 0.146. The van der Waals surface area contributed by atoms with Crippen LogP contribution in [0.25, 0.3) is 0 Å². The normalized spacial score (nSPS) is 16.7. The molecular formula is C17H26N2O. The first-order valence-corrected chi connectivity index (χ1v) is 7.70. The van der Waals surface area contributed by atoms with Crippen LogP contribution in [0.1, 0.15) is 49.0 Å². The second kappa shape index (κ2) is 6.89. The van der Waals surface area contributed by atoms with Crippen LogP contribution in [-0.2, 0) is 6.42 Å². The van der Waals surface area contributed by atoms with Crippen LogP contribution < -0.4 is 5.73 Å². The van der Waals surface area contributed by atoms with Crippen molar-refractivity contribution in [2.24, 2.45) is 11.7 Å². The molecule has 1 aromatic carbocycles. The van der Waals surface area contributed by atoms with Gasteiger partial charge in [-0.05, 0) is 49.3 Å².